The molecular weight excluding hydrogens is 346 g/mol. The second-order valence-corrected chi connectivity index (χ2v) is 7.05. The molecule has 0 atom stereocenters. The number of nitrogens with zero attached hydrogens (tertiary/aromatic N) is 2. The number of hydrogen-bond acceptors (Lipinski definition) is 3. The van der Waals surface area contributed by atoms with Crippen LogP contribution in [-0.2, 0) is 13.1 Å². The second-order valence-electron chi connectivity index (χ2n) is 7.05. The number of para-hydroxylation sites is 2. The summed E-state index contributed by atoms with van der Waals surface area (Å²) in [5.41, 5.74) is 5.73. The van der Waals surface area contributed by atoms with Crippen LogP contribution in [-0.4, -0.2) is 16.2 Å². The molecule has 0 aliphatic rings. The molecule has 142 valence electrons. The first kappa shape index (κ1) is 18.1. The SMILES string of the molecule is Cc1ccc(NCc2nc3ccccc3n2CCOc2ccc(C)cc2)cc1. The van der Waals surface area contributed by atoms with Gasteiger partial charge in [0.2, 0.25) is 0 Å². The molecule has 0 aliphatic heterocycles. The van der Waals surface area contributed by atoms with Gasteiger partial charge < -0.3 is 14.6 Å². The molecule has 4 nitrogen and oxygen atoms in total. The molecule has 0 saturated heterocycles. The molecule has 0 amide bonds. The van der Waals surface area contributed by atoms with Gasteiger partial charge in [0, 0.05) is 5.69 Å². The van der Waals surface area contributed by atoms with Crippen LogP contribution in [0.1, 0.15) is 17.0 Å². The smallest absolute Gasteiger partial charge is 0.129 e. The first-order valence-corrected chi connectivity index (χ1v) is 9.63. The van der Waals surface area contributed by atoms with E-state index < -0.39 is 0 Å². The number of fused-ring (bicyclic) bond motifs is 1. The third kappa shape index (κ3) is 4.17. The highest BCUT2D eigenvalue weighted by molar-refractivity contribution is 5.76. The topological polar surface area (TPSA) is 39.1 Å². The summed E-state index contributed by atoms with van der Waals surface area (Å²) in [6.45, 7) is 6.19. The molecule has 1 N–H and O–H groups in total. The van der Waals surface area contributed by atoms with Crippen molar-refractivity contribution in [1.82, 2.24) is 9.55 Å². The van der Waals surface area contributed by atoms with Crippen molar-refractivity contribution in [1.29, 1.82) is 0 Å². The van der Waals surface area contributed by atoms with E-state index in [9.17, 15) is 0 Å². The number of hydrogen-bond donors (Lipinski definition) is 1. The van der Waals surface area contributed by atoms with Gasteiger partial charge in [-0.25, -0.2) is 4.98 Å². The Morgan fingerprint density at radius 1 is 0.857 bits per heavy atom. The Kier molecular flexibility index (Phi) is 5.29. The maximum atomic E-state index is 5.95. The summed E-state index contributed by atoms with van der Waals surface area (Å²) in [5, 5.41) is 3.48. The summed E-state index contributed by atoms with van der Waals surface area (Å²) in [7, 11) is 0. The Morgan fingerprint density at radius 3 is 2.29 bits per heavy atom. The summed E-state index contributed by atoms with van der Waals surface area (Å²) < 4.78 is 8.19. The van der Waals surface area contributed by atoms with E-state index in [1.54, 1.807) is 0 Å². The molecular formula is C24H25N3O. The van der Waals surface area contributed by atoms with E-state index >= 15 is 0 Å². The molecule has 0 saturated carbocycles. The third-order valence-electron chi connectivity index (χ3n) is 4.84. The summed E-state index contributed by atoms with van der Waals surface area (Å²) in [6, 6.07) is 24.8. The Labute approximate surface area is 165 Å². The summed E-state index contributed by atoms with van der Waals surface area (Å²) in [5.74, 6) is 1.91. The maximum Gasteiger partial charge on any atom is 0.129 e. The van der Waals surface area contributed by atoms with E-state index in [1.807, 2.05) is 18.2 Å². The van der Waals surface area contributed by atoms with Gasteiger partial charge >= 0.3 is 0 Å². The number of rotatable bonds is 7. The van der Waals surface area contributed by atoms with Crippen molar-refractivity contribution in [3.63, 3.8) is 0 Å². The fourth-order valence-corrected chi connectivity index (χ4v) is 3.25. The molecule has 3 aromatic carbocycles. The average molecular weight is 371 g/mol. The van der Waals surface area contributed by atoms with Crippen LogP contribution < -0.4 is 10.1 Å². The Balaban J connectivity index is 1.49. The van der Waals surface area contributed by atoms with Crippen LogP contribution in [0.3, 0.4) is 0 Å². The Bertz CT molecular complexity index is 1050. The van der Waals surface area contributed by atoms with E-state index in [2.05, 4.69) is 78.3 Å². The highest BCUT2D eigenvalue weighted by Gasteiger charge is 2.10. The number of benzene rings is 3. The van der Waals surface area contributed by atoms with Crippen LogP contribution in [0, 0.1) is 13.8 Å². The van der Waals surface area contributed by atoms with Crippen molar-refractivity contribution in [2.24, 2.45) is 0 Å². The lowest BCUT2D eigenvalue weighted by molar-refractivity contribution is 0.298. The van der Waals surface area contributed by atoms with Gasteiger partial charge in [0.25, 0.3) is 0 Å². The van der Waals surface area contributed by atoms with Gasteiger partial charge in [-0.1, -0.05) is 47.5 Å². The third-order valence-corrected chi connectivity index (χ3v) is 4.84. The Morgan fingerprint density at radius 2 is 1.54 bits per heavy atom. The number of imidazole rings is 1. The minimum atomic E-state index is 0.598. The van der Waals surface area contributed by atoms with Crippen LogP contribution in [0.4, 0.5) is 5.69 Å². The lowest BCUT2D eigenvalue weighted by Crippen LogP contribution is -2.13. The molecule has 0 bridgehead atoms. The van der Waals surface area contributed by atoms with Crippen molar-refractivity contribution in [3.05, 3.63) is 89.7 Å². The molecule has 4 rings (SSSR count). The molecule has 0 fully saturated rings. The molecule has 0 spiro atoms. The monoisotopic (exact) mass is 371 g/mol. The van der Waals surface area contributed by atoms with E-state index in [0.717, 1.165) is 34.8 Å². The zero-order chi connectivity index (χ0) is 19.3. The zero-order valence-electron chi connectivity index (χ0n) is 16.4. The van der Waals surface area contributed by atoms with E-state index in [0.29, 0.717) is 13.2 Å². The number of ether oxygens (including phenoxy) is 1. The maximum absolute atomic E-state index is 5.95. The Hall–Kier alpha value is -3.27. The summed E-state index contributed by atoms with van der Waals surface area (Å²) in [4.78, 5) is 4.83. The summed E-state index contributed by atoms with van der Waals surface area (Å²) in [6.07, 6.45) is 0. The van der Waals surface area contributed by atoms with Gasteiger partial charge in [-0.3, -0.25) is 0 Å². The molecule has 1 heterocycles. The first-order valence-electron chi connectivity index (χ1n) is 9.63. The van der Waals surface area contributed by atoms with Gasteiger partial charge in [0.05, 0.1) is 24.1 Å². The van der Waals surface area contributed by atoms with Gasteiger partial charge in [-0.05, 0) is 50.2 Å². The van der Waals surface area contributed by atoms with Crippen LogP contribution in [0.5, 0.6) is 5.75 Å². The quantitative estimate of drug-likeness (QED) is 0.476. The van der Waals surface area contributed by atoms with Gasteiger partial charge in [-0.2, -0.15) is 0 Å². The zero-order valence-corrected chi connectivity index (χ0v) is 16.4. The number of aromatic nitrogens is 2. The molecule has 0 radical (unpaired) electrons. The van der Waals surface area contributed by atoms with Gasteiger partial charge in [0.1, 0.15) is 18.2 Å². The molecule has 28 heavy (non-hydrogen) atoms. The minimum Gasteiger partial charge on any atom is -0.492 e. The molecule has 1 aromatic heterocycles. The number of aryl methyl sites for hydroxylation is 2. The van der Waals surface area contributed by atoms with Gasteiger partial charge in [-0.15, -0.1) is 0 Å². The van der Waals surface area contributed by atoms with Crippen LogP contribution in [0.2, 0.25) is 0 Å². The van der Waals surface area contributed by atoms with Crippen LogP contribution in [0.25, 0.3) is 11.0 Å². The largest absolute Gasteiger partial charge is 0.492 e. The second kappa shape index (κ2) is 8.17. The van der Waals surface area contributed by atoms with Crippen LogP contribution in [0.15, 0.2) is 72.8 Å². The predicted octanol–water partition coefficient (Wildman–Crippen LogP) is 5.34. The minimum absolute atomic E-state index is 0.598. The van der Waals surface area contributed by atoms with E-state index in [-0.39, 0.29) is 0 Å². The van der Waals surface area contributed by atoms with Crippen molar-refractivity contribution < 1.29 is 4.74 Å². The lowest BCUT2D eigenvalue weighted by Gasteiger charge is -2.12. The van der Waals surface area contributed by atoms with Gasteiger partial charge in [0.15, 0.2) is 0 Å². The highest BCUT2D eigenvalue weighted by atomic mass is 16.5. The van der Waals surface area contributed by atoms with Crippen molar-refractivity contribution >= 4 is 16.7 Å². The molecule has 4 aromatic rings. The van der Waals surface area contributed by atoms with E-state index in [4.69, 9.17) is 9.72 Å². The van der Waals surface area contributed by atoms with Crippen molar-refractivity contribution in [3.8, 4) is 5.75 Å². The number of anilines is 1. The molecule has 4 heteroatoms. The number of nitrogens with one attached hydrogen (secondary N) is 1. The lowest BCUT2D eigenvalue weighted by atomic mass is 10.2. The fourth-order valence-electron chi connectivity index (χ4n) is 3.25. The summed E-state index contributed by atoms with van der Waals surface area (Å²) >= 11 is 0. The highest BCUT2D eigenvalue weighted by Crippen LogP contribution is 2.18. The van der Waals surface area contributed by atoms with Crippen molar-refractivity contribution in [2.75, 3.05) is 11.9 Å². The normalized spacial score (nSPS) is 10.9. The van der Waals surface area contributed by atoms with E-state index in [1.165, 1.54) is 11.1 Å². The van der Waals surface area contributed by atoms with Crippen molar-refractivity contribution in [2.45, 2.75) is 26.9 Å². The molecule has 0 unspecified atom stereocenters. The molecule has 0 aliphatic carbocycles. The predicted molar refractivity (Wildman–Crippen MR) is 115 cm³/mol. The standard InChI is InChI=1S/C24H25N3O/c1-18-7-11-20(12-8-18)25-17-24-26-22-5-3-4-6-23(22)27(24)15-16-28-21-13-9-19(2)10-14-21/h3-14,25H,15-17H2,1-2H3. The average Bonchev–Trinajstić information content (AvgIpc) is 3.07. The fraction of sp³-hybridized carbons (Fsp3) is 0.208. The van der Waals surface area contributed by atoms with Crippen LogP contribution >= 0.6 is 0 Å². The first-order chi connectivity index (χ1) is 13.7.